The lowest BCUT2D eigenvalue weighted by Gasteiger charge is -2.10. The smallest absolute Gasteiger partial charge is 0.312 e. The largest absolute Gasteiger partial charge is 0.490 e. The lowest BCUT2D eigenvalue weighted by molar-refractivity contribution is -0.386. The molecule has 10 heteroatoms. The van der Waals surface area contributed by atoms with Gasteiger partial charge in [0, 0.05) is 12.1 Å². The third-order valence-electron chi connectivity index (χ3n) is 2.83. The van der Waals surface area contributed by atoms with Gasteiger partial charge in [0.1, 0.15) is 11.6 Å². The highest BCUT2D eigenvalue weighted by atomic mass is 32.2. The average molecular weight is 344 g/mol. The zero-order valence-corrected chi connectivity index (χ0v) is 12.4. The molecule has 0 heterocycles. The number of nitro groups is 1. The summed E-state index contributed by atoms with van der Waals surface area (Å²) in [6, 6.07) is 5.23. The van der Waals surface area contributed by atoms with Crippen LogP contribution in [0.1, 0.15) is 0 Å². The quantitative estimate of drug-likeness (QED) is 0.664. The van der Waals surface area contributed by atoms with Crippen LogP contribution in [0.4, 0.5) is 20.2 Å². The van der Waals surface area contributed by atoms with Crippen LogP contribution in [-0.4, -0.2) is 20.5 Å². The minimum absolute atomic E-state index is 0.123. The molecule has 23 heavy (non-hydrogen) atoms. The van der Waals surface area contributed by atoms with E-state index in [1.54, 1.807) is 0 Å². The van der Waals surface area contributed by atoms with Crippen molar-refractivity contribution in [2.75, 3.05) is 11.8 Å². The van der Waals surface area contributed by atoms with Crippen LogP contribution in [0.15, 0.2) is 41.3 Å². The molecule has 2 aromatic carbocycles. The Balaban J connectivity index is 2.43. The highest BCUT2D eigenvalue weighted by molar-refractivity contribution is 7.92. The summed E-state index contributed by atoms with van der Waals surface area (Å²) in [7, 11) is -3.11. The summed E-state index contributed by atoms with van der Waals surface area (Å²) in [5.41, 5.74) is -1.04. The van der Waals surface area contributed by atoms with Crippen LogP contribution in [0.5, 0.6) is 5.75 Å². The second kappa shape index (κ2) is 6.16. The molecule has 0 aliphatic heterocycles. The Morgan fingerprint density at radius 3 is 2.43 bits per heavy atom. The molecule has 0 radical (unpaired) electrons. The van der Waals surface area contributed by atoms with Crippen molar-refractivity contribution in [3.05, 3.63) is 58.1 Å². The highest BCUT2D eigenvalue weighted by Crippen LogP contribution is 2.30. The van der Waals surface area contributed by atoms with Crippen LogP contribution in [-0.2, 0) is 10.0 Å². The van der Waals surface area contributed by atoms with Crippen molar-refractivity contribution in [3.8, 4) is 5.75 Å². The van der Waals surface area contributed by atoms with Gasteiger partial charge in [-0.25, -0.2) is 17.2 Å². The fourth-order valence-corrected chi connectivity index (χ4v) is 2.84. The maximum atomic E-state index is 13.5. The monoisotopic (exact) mass is 344 g/mol. The molecule has 0 unspecified atom stereocenters. The Morgan fingerprint density at radius 2 is 1.87 bits per heavy atom. The first-order chi connectivity index (χ1) is 10.7. The van der Waals surface area contributed by atoms with Crippen LogP contribution < -0.4 is 9.46 Å². The van der Waals surface area contributed by atoms with Crippen molar-refractivity contribution in [2.45, 2.75) is 4.90 Å². The number of sulfonamides is 1. The van der Waals surface area contributed by atoms with E-state index >= 15 is 0 Å². The van der Waals surface area contributed by atoms with E-state index in [4.69, 9.17) is 4.74 Å². The van der Waals surface area contributed by atoms with Gasteiger partial charge in [0.15, 0.2) is 5.75 Å². The van der Waals surface area contributed by atoms with Crippen molar-refractivity contribution >= 4 is 21.4 Å². The number of hydrogen-bond donors (Lipinski definition) is 1. The first kappa shape index (κ1) is 16.6. The van der Waals surface area contributed by atoms with Crippen LogP contribution in [0.25, 0.3) is 0 Å². The van der Waals surface area contributed by atoms with Crippen LogP contribution in [0.3, 0.4) is 0 Å². The molecule has 0 bridgehead atoms. The van der Waals surface area contributed by atoms with Crippen LogP contribution >= 0.6 is 0 Å². The number of anilines is 1. The topological polar surface area (TPSA) is 98.5 Å². The molecule has 0 saturated carbocycles. The Bertz CT molecular complexity index is 871. The van der Waals surface area contributed by atoms with Gasteiger partial charge < -0.3 is 4.74 Å². The van der Waals surface area contributed by atoms with Crippen molar-refractivity contribution in [2.24, 2.45) is 0 Å². The Morgan fingerprint density at radius 1 is 1.17 bits per heavy atom. The maximum Gasteiger partial charge on any atom is 0.312 e. The van der Waals surface area contributed by atoms with Crippen molar-refractivity contribution < 1.29 is 26.9 Å². The van der Waals surface area contributed by atoms with E-state index in [-0.39, 0.29) is 5.75 Å². The number of ether oxygens (including phenoxy) is 1. The summed E-state index contributed by atoms with van der Waals surface area (Å²) >= 11 is 0. The van der Waals surface area contributed by atoms with Gasteiger partial charge in [-0.05, 0) is 24.3 Å². The molecular weight excluding hydrogens is 334 g/mol. The van der Waals surface area contributed by atoms with E-state index in [0.717, 1.165) is 30.3 Å². The van der Waals surface area contributed by atoms with Gasteiger partial charge in [-0.15, -0.1) is 0 Å². The number of rotatable bonds is 5. The summed E-state index contributed by atoms with van der Waals surface area (Å²) in [6.07, 6.45) is 0. The van der Waals surface area contributed by atoms with Gasteiger partial charge in [0.2, 0.25) is 0 Å². The van der Waals surface area contributed by atoms with Gasteiger partial charge >= 0.3 is 5.69 Å². The second-order valence-electron chi connectivity index (χ2n) is 4.32. The number of nitrogens with zero attached hydrogens (tertiary/aromatic N) is 1. The van der Waals surface area contributed by atoms with Gasteiger partial charge in [-0.1, -0.05) is 0 Å². The van der Waals surface area contributed by atoms with Crippen molar-refractivity contribution in [1.29, 1.82) is 0 Å². The minimum atomic E-state index is -4.30. The van der Waals surface area contributed by atoms with Crippen molar-refractivity contribution in [3.63, 3.8) is 0 Å². The molecule has 0 fully saturated rings. The number of nitro benzene ring substituents is 1. The SMILES string of the molecule is COc1ccc(S(=O)(=O)Nc2ccc(F)cc2F)cc1[N+](=O)[O-]. The molecule has 7 nitrogen and oxygen atoms in total. The molecular formula is C13H10F2N2O5S. The van der Waals surface area contributed by atoms with Crippen LogP contribution in [0, 0.1) is 21.7 Å². The third-order valence-corrected chi connectivity index (χ3v) is 4.20. The van der Waals surface area contributed by atoms with Gasteiger partial charge in [0.05, 0.1) is 22.6 Å². The number of benzene rings is 2. The molecule has 1 N–H and O–H groups in total. The Hall–Kier alpha value is -2.75. The molecule has 0 aromatic heterocycles. The zero-order chi connectivity index (χ0) is 17.2. The standard InChI is InChI=1S/C13H10F2N2O5S/c1-22-13-5-3-9(7-12(13)17(18)19)23(20,21)16-11-4-2-8(14)6-10(11)15/h2-7,16H,1H3. The first-order valence-corrected chi connectivity index (χ1v) is 7.53. The number of nitrogens with one attached hydrogen (secondary N) is 1. The fraction of sp³-hybridized carbons (Fsp3) is 0.0769. The molecule has 122 valence electrons. The minimum Gasteiger partial charge on any atom is -0.490 e. The zero-order valence-electron chi connectivity index (χ0n) is 11.6. The van der Waals surface area contributed by atoms with E-state index in [9.17, 15) is 27.3 Å². The Kier molecular flexibility index (Phi) is 4.45. The highest BCUT2D eigenvalue weighted by Gasteiger charge is 2.23. The maximum absolute atomic E-state index is 13.5. The summed E-state index contributed by atoms with van der Waals surface area (Å²) in [5.74, 6) is -2.11. The Labute approximate surface area is 129 Å². The fourth-order valence-electron chi connectivity index (χ4n) is 1.76. The summed E-state index contributed by atoms with van der Waals surface area (Å²) in [5, 5.41) is 10.9. The molecule has 0 saturated heterocycles. The van der Waals surface area contributed by atoms with Gasteiger partial charge in [-0.3, -0.25) is 14.8 Å². The second-order valence-corrected chi connectivity index (χ2v) is 6.00. The van der Waals surface area contributed by atoms with E-state index in [1.165, 1.54) is 7.11 Å². The van der Waals surface area contributed by atoms with Gasteiger partial charge in [-0.2, -0.15) is 0 Å². The number of methoxy groups -OCH3 is 1. The van der Waals surface area contributed by atoms with Crippen molar-refractivity contribution in [1.82, 2.24) is 0 Å². The van der Waals surface area contributed by atoms with Crippen LogP contribution in [0.2, 0.25) is 0 Å². The molecule has 2 rings (SSSR count). The molecule has 0 aliphatic rings. The van der Waals surface area contributed by atoms with E-state index < -0.39 is 42.9 Å². The summed E-state index contributed by atoms with van der Waals surface area (Å²) in [6.45, 7) is 0. The molecule has 2 aromatic rings. The summed E-state index contributed by atoms with van der Waals surface area (Å²) < 4.78 is 57.4. The number of halogens is 2. The normalized spacial score (nSPS) is 11.1. The first-order valence-electron chi connectivity index (χ1n) is 6.05. The molecule has 0 aliphatic carbocycles. The molecule has 0 atom stereocenters. The predicted molar refractivity (Wildman–Crippen MR) is 76.8 cm³/mol. The lowest BCUT2D eigenvalue weighted by Crippen LogP contribution is -2.14. The predicted octanol–water partition coefficient (Wildman–Crippen LogP) is 2.68. The van der Waals surface area contributed by atoms with Gasteiger partial charge in [0.25, 0.3) is 10.0 Å². The van der Waals surface area contributed by atoms with E-state index in [1.807, 2.05) is 4.72 Å². The van der Waals surface area contributed by atoms with E-state index in [0.29, 0.717) is 6.07 Å². The third kappa shape index (κ3) is 3.54. The average Bonchev–Trinajstić information content (AvgIpc) is 2.49. The molecule has 0 amide bonds. The summed E-state index contributed by atoms with van der Waals surface area (Å²) in [4.78, 5) is 9.65. The number of hydrogen-bond acceptors (Lipinski definition) is 5. The molecule has 0 spiro atoms. The lowest BCUT2D eigenvalue weighted by atomic mass is 10.3. The van der Waals surface area contributed by atoms with E-state index in [2.05, 4.69) is 0 Å².